The van der Waals surface area contributed by atoms with Crippen LogP contribution in [-0.2, 0) is 0 Å². The molecule has 0 bridgehead atoms. The van der Waals surface area contributed by atoms with E-state index in [1.54, 1.807) is 0 Å². The lowest BCUT2D eigenvalue weighted by atomic mass is 9.85. The number of hydrogen-bond donors (Lipinski definition) is 0. The Bertz CT molecular complexity index is 749. The molecule has 0 heterocycles. The molecule has 0 aliphatic carbocycles. The van der Waals surface area contributed by atoms with Gasteiger partial charge in [-0.15, -0.1) is 0 Å². The van der Waals surface area contributed by atoms with Gasteiger partial charge in [-0.05, 0) is 23.3 Å². The minimum Gasteiger partial charge on any atom is -0.293 e. The lowest BCUT2D eigenvalue weighted by molar-refractivity contribution is 0.0974. The highest BCUT2D eigenvalue weighted by molar-refractivity contribution is 9.10. The molecular weight excluding hydrogens is 336 g/mol. The first-order valence-corrected chi connectivity index (χ1v) is 7.94. The lowest BCUT2D eigenvalue weighted by Gasteiger charge is -2.17. The minimum atomic E-state index is -0.281. The van der Waals surface area contributed by atoms with E-state index in [0.29, 0.717) is 0 Å². The number of Topliss-reactive ketones (excluding diaryl/α,β-unsaturated/α-hetero) is 1. The van der Waals surface area contributed by atoms with Crippen LogP contribution in [0.15, 0.2) is 89.4 Å². The van der Waals surface area contributed by atoms with Gasteiger partial charge in [0, 0.05) is 10.0 Å². The molecule has 0 aliphatic heterocycles. The molecule has 0 aromatic heterocycles. The molecule has 0 fully saturated rings. The Morgan fingerprint density at radius 2 is 1.18 bits per heavy atom. The van der Waals surface area contributed by atoms with Gasteiger partial charge >= 0.3 is 0 Å². The fourth-order valence-corrected chi connectivity index (χ4v) is 2.83. The van der Waals surface area contributed by atoms with Gasteiger partial charge in [-0.2, -0.15) is 0 Å². The maximum Gasteiger partial charge on any atom is 0.174 e. The van der Waals surface area contributed by atoms with E-state index >= 15 is 0 Å². The number of rotatable bonds is 4. The Hall–Kier alpha value is -2.19. The Morgan fingerprint density at radius 3 is 1.77 bits per heavy atom. The third kappa shape index (κ3) is 3.18. The topological polar surface area (TPSA) is 17.1 Å². The summed E-state index contributed by atoms with van der Waals surface area (Å²) < 4.78 is 1.01. The molecule has 1 unspecified atom stereocenters. The standard InChI is InChI=1S/C20H15BrO/c21-18-13-11-16(12-14-18)19(15-7-3-1-4-8-15)20(22)17-9-5-2-6-10-17/h1-14,19H. The summed E-state index contributed by atoms with van der Waals surface area (Å²) in [4.78, 5) is 13.0. The van der Waals surface area contributed by atoms with Crippen LogP contribution >= 0.6 is 15.9 Å². The highest BCUT2D eigenvalue weighted by atomic mass is 79.9. The Labute approximate surface area is 138 Å². The van der Waals surface area contributed by atoms with E-state index in [2.05, 4.69) is 15.9 Å². The highest BCUT2D eigenvalue weighted by Crippen LogP contribution is 2.29. The molecule has 0 saturated carbocycles. The molecule has 108 valence electrons. The van der Waals surface area contributed by atoms with Crippen LogP contribution in [0.1, 0.15) is 27.4 Å². The van der Waals surface area contributed by atoms with Crippen molar-refractivity contribution in [2.24, 2.45) is 0 Å². The smallest absolute Gasteiger partial charge is 0.174 e. The molecule has 0 radical (unpaired) electrons. The highest BCUT2D eigenvalue weighted by Gasteiger charge is 2.23. The number of ketones is 1. The van der Waals surface area contributed by atoms with E-state index in [1.165, 1.54) is 0 Å². The zero-order valence-corrected chi connectivity index (χ0v) is 13.5. The van der Waals surface area contributed by atoms with Crippen molar-refractivity contribution in [3.63, 3.8) is 0 Å². The maximum absolute atomic E-state index is 13.0. The van der Waals surface area contributed by atoms with Crippen LogP contribution in [0.4, 0.5) is 0 Å². The first-order chi connectivity index (χ1) is 10.8. The number of carbonyl (C=O) groups excluding carboxylic acids is 1. The van der Waals surface area contributed by atoms with Gasteiger partial charge in [0.2, 0.25) is 0 Å². The van der Waals surface area contributed by atoms with E-state index in [9.17, 15) is 4.79 Å². The molecule has 0 aliphatic rings. The van der Waals surface area contributed by atoms with E-state index in [0.717, 1.165) is 21.2 Å². The SMILES string of the molecule is O=C(c1ccccc1)C(c1ccccc1)c1ccc(Br)cc1. The van der Waals surface area contributed by atoms with Gasteiger partial charge in [-0.25, -0.2) is 0 Å². The molecule has 22 heavy (non-hydrogen) atoms. The predicted octanol–water partition coefficient (Wildman–Crippen LogP) is 5.46. The monoisotopic (exact) mass is 350 g/mol. The minimum absolute atomic E-state index is 0.120. The summed E-state index contributed by atoms with van der Waals surface area (Å²) >= 11 is 3.45. The number of benzene rings is 3. The fraction of sp³-hybridized carbons (Fsp3) is 0.0500. The number of hydrogen-bond acceptors (Lipinski definition) is 1. The number of carbonyl (C=O) groups is 1. The van der Waals surface area contributed by atoms with Crippen LogP contribution in [-0.4, -0.2) is 5.78 Å². The van der Waals surface area contributed by atoms with Crippen molar-refractivity contribution in [3.05, 3.63) is 106 Å². The van der Waals surface area contributed by atoms with E-state index < -0.39 is 0 Å². The lowest BCUT2D eigenvalue weighted by Crippen LogP contribution is -2.14. The van der Waals surface area contributed by atoms with Crippen molar-refractivity contribution in [3.8, 4) is 0 Å². The van der Waals surface area contributed by atoms with Gasteiger partial charge in [-0.3, -0.25) is 4.79 Å². The second-order valence-corrected chi connectivity index (χ2v) is 6.04. The molecule has 3 aromatic carbocycles. The van der Waals surface area contributed by atoms with Crippen molar-refractivity contribution >= 4 is 21.7 Å². The van der Waals surface area contributed by atoms with Crippen molar-refractivity contribution in [1.82, 2.24) is 0 Å². The van der Waals surface area contributed by atoms with Gasteiger partial charge in [0.25, 0.3) is 0 Å². The zero-order chi connectivity index (χ0) is 15.4. The second kappa shape index (κ2) is 6.71. The van der Waals surface area contributed by atoms with Crippen molar-refractivity contribution in [2.45, 2.75) is 5.92 Å². The quantitative estimate of drug-likeness (QED) is 0.570. The van der Waals surface area contributed by atoms with Crippen LogP contribution in [0.5, 0.6) is 0 Å². The largest absolute Gasteiger partial charge is 0.293 e. The summed E-state index contributed by atoms with van der Waals surface area (Å²) in [5.41, 5.74) is 2.75. The number of halogens is 1. The Kier molecular flexibility index (Phi) is 4.50. The molecule has 1 atom stereocenters. The third-order valence-corrected chi connectivity index (χ3v) is 4.19. The van der Waals surface area contributed by atoms with Gasteiger partial charge in [0.15, 0.2) is 5.78 Å². The van der Waals surface area contributed by atoms with Crippen LogP contribution in [0, 0.1) is 0 Å². The van der Waals surface area contributed by atoms with E-state index in [1.807, 2.05) is 84.9 Å². The van der Waals surface area contributed by atoms with Crippen LogP contribution in [0.3, 0.4) is 0 Å². The summed E-state index contributed by atoms with van der Waals surface area (Å²) in [5.74, 6) is -0.161. The normalized spacial score (nSPS) is 11.9. The zero-order valence-electron chi connectivity index (χ0n) is 11.9. The Morgan fingerprint density at radius 1 is 0.682 bits per heavy atom. The Balaban J connectivity index is 2.07. The van der Waals surface area contributed by atoms with Gasteiger partial charge < -0.3 is 0 Å². The van der Waals surface area contributed by atoms with Gasteiger partial charge in [0.05, 0.1) is 5.92 Å². The maximum atomic E-state index is 13.0. The van der Waals surface area contributed by atoms with Crippen LogP contribution < -0.4 is 0 Å². The summed E-state index contributed by atoms with van der Waals surface area (Å²) in [7, 11) is 0. The molecule has 0 amide bonds. The summed E-state index contributed by atoms with van der Waals surface area (Å²) in [6, 6.07) is 27.4. The molecule has 3 rings (SSSR count). The third-order valence-electron chi connectivity index (χ3n) is 3.66. The molecule has 0 saturated heterocycles. The van der Waals surface area contributed by atoms with E-state index in [-0.39, 0.29) is 11.7 Å². The summed E-state index contributed by atoms with van der Waals surface area (Å²) in [6.07, 6.45) is 0. The predicted molar refractivity (Wildman–Crippen MR) is 93.2 cm³/mol. The van der Waals surface area contributed by atoms with Crippen molar-refractivity contribution in [1.29, 1.82) is 0 Å². The van der Waals surface area contributed by atoms with Gasteiger partial charge in [0.1, 0.15) is 0 Å². The average molecular weight is 351 g/mol. The molecule has 2 heteroatoms. The van der Waals surface area contributed by atoms with Crippen molar-refractivity contribution in [2.75, 3.05) is 0 Å². The fourth-order valence-electron chi connectivity index (χ4n) is 2.57. The first-order valence-electron chi connectivity index (χ1n) is 7.15. The molecule has 1 nitrogen and oxygen atoms in total. The summed E-state index contributed by atoms with van der Waals surface area (Å²) in [6.45, 7) is 0. The molecule has 0 spiro atoms. The molecule has 0 N–H and O–H groups in total. The molecular formula is C20H15BrO. The summed E-state index contributed by atoms with van der Waals surface area (Å²) in [5, 5.41) is 0. The van der Waals surface area contributed by atoms with E-state index in [4.69, 9.17) is 0 Å². The van der Waals surface area contributed by atoms with Crippen LogP contribution in [0.2, 0.25) is 0 Å². The van der Waals surface area contributed by atoms with Gasteiger partial charge in [-0.1, -0.05) is 88.7 Å². The second-order valence-electron chi connectivity index (χ2n) is 5.13. The first kappa shape index (κ1) is 14.7. The average Bonchev–Trinajstić information content (AvgIpc) is 2.58. The molecule has 3 aromatic rings. The van der Waals surface area contributed by atoms with Crippen LogP contribution in [0.25, 0.3) is 0 Å². The van der Waals surface area contributed by atoms with Crippen molar-refractivity contribution < 1.29 is 4.79 Å².